The Labute approximate surface area is 141 Å². The van der Waals surface area contributed by atoms with Gasteiger partial charge in [-0.05, 0) is 32.0 Å². The lowest BCUT2D eigenvalue weighted by Gasteiger charge is -2.29. The zero-order valence-corrected chi connectivity index (χ0v) is 14.0. The zero-order valence-electron chi connectivity index (χ0n) is 14.0. The van der Waals surface area contributed by atoms with Crippen molar-refractivity contribution < 1.29 is 9.53 Å². The van der Waals surface area contributed by atoms with E-state index in [9.17, 15) is 4.79 Å². The van der Waals surface area contributed by atoms with E-state index in [1.54, 1.807) is 13.2 Å². The van der Waals surface area contributed by atoms with Gasteiger partial charge in [0, 0.05) is 28.9 Å². The number of hydrogen-bond acceptors (Lipinski definition) is 4. The predicted octanol–water partition coefficient (Wildman–Crippen LogP) is 4.40. The Kier molecular flexibility index (Phi) is 4.21. The number of fused-ring (bicyclic) bond motifs is 1. The number of anilines is 1. The van der Waals surface area contributed by atoms with Crippen molar-refractivity contribution in [3.63, 3.8) is 0 Å². The molecule has 0 spiro atoms. The van der Waals surface area contributed by atoms with Crippen LogP contribution >= 0.6 is 0 Å². The highest BCUT2D eigenvalue weighted by Gasteiger charge is 2.23. The van der Waals surface area contributed by atoms with E-state index in [4.69, 9.17) is 4.74 Å². The summed E-state index contributed by atoms with van der Waals surface area (Å²) in [7, 11) is 1.56. The fourth-order valence-electron chi connectivity index (χ4n) is 2.92. The average Bonchev–Trinajstić information content (AvgIpc) is 2.60. The summed E-state index contributed by atoms with van der Waals surface area (Å²) in [5.41, 5.74) is 3.16. The molecule has 0 amide bonds. The number of hydrogen-bond donors (Lipinski definition) is 1. The molecular formula is C20H20N2O2. The molecule has 0 unspecified atom stereocenters. The van der Waals surface area contributed by atoms with Gasteiger partial charge in [-0.15, -0.1) is 0 Å². The minimum absolute atomic E-state index is 0.346. The smallest absolute Gasteiger partial charge is 0.153 e. The molecule has 0 aliphatic heterocycles. The number of rotatable bonds is 5. The second-order valence-electron chi connectivity index (χ2n) is 6.21. The Morgan fingerprint density at radius 2 is 1.92 bits per heavy atom. The maximum atomic E-state index is 11.0. The van der Waals surface area contributed by atoms with Crippen molar-refractivity contribution >= 4 is 22.9 Å². The molecular weight excluding hydrogens is 300 g/mol. The molecule has 1 aromatic heterocycles. The fraction of sp³-hybridized carbons (Fsp3) is 0.200. The van der Waals surface area contributed by atoms with E-state index < -0.39 is 0 Å². The number of aldehydes is 1. The molecule has 1 N–H and O–H groups in total. The molecule has 0 saturated carbocycles. The van der Waals surface area contributed by atoms with Gasteiger partial charge in [0.25, 0.3) is 0 Å². The van der Waals surface area contributed by atoms with Crippen molar-refractivity contribution in [3.05, 3.63) is 65.9 Å². The topological polar surface area (TPSA) is 51.2 Å². The molecule has 3 aromatic rings. The lowest BCUT2D eigenvalue weighted by Crippen LogP contribution is -2.28. The van der Waals surface area contributed by atoms with Gasteiger partial charge in [0.15, 0.2) is 6.29 Å². The summed E-state index contributed by atoms with van der Waals surface area (Å²) in [6, 6.07) is 15.7. The molecule has 0 fully saturated rings. The third kappa shape index (κ3) is 2.95. The number of carbonyl (C=O) groups is 1. The van der Waals surface area contributed by atoms with Crippen LogP contribution in [0, 0.1) is 0 Å². The van der Waals surface area contributed by atoms with Gasteiger partial charge in [0.1, 0.15) is 5.75 Å². The first kappa shape index (κ1) is 16.0. The molecule has 1 heterocycles. The van der Waals surface area contributed by atoms with Gasteiger partial charge in [-0.25, -0.2) is 0 Å². The van der Waals surface area contributed by atoms with Gasteiger partial charge in [-0.3, -0.25) is 9.78 Å². The van der Waals surface area contributed by atoms with Crippen LogP contribution in [0.15, 0.2) is 54.7 Å². The highest BCUT2D eigenvalue weighted by molar-refractivity contribution is 5.83. The van der Waals surface area contributed by atoms with E-state index >= 15 is 0 Å². The SMILES string of the molecule is COc1cc(NC(C)(C)c2cccc3cccnc23)ccc1C=O. The summed E-state index contributed by atoms with van der Waals surface area (Å²) in [6.45, 7) is 4.22. The van der Waals surface area contributed by atoms with Crippen molar-refractivity contribution in [2.45, 2.75) is 19.4 Å². The summed E-state index contributed by atoms with van der Waals surface area (Å²) < 4.78 is 5.28. The van der Waals surface area contributed by atoms with Crippen LogP contribution in [-0.2, 0) is 5.54 Å². The van der Waals surface area contributed by atoms with Crippen LogP contribution in [0.2, 0.25) is 0 Å². The third-order valence-corrected chi connectivity index (χ3v) is 4.12. The van der Waals surface area contributed by atoms with E-state index in [0.717, 1.165) is 28.4 Å². The van der Waals surface area contributed by atoms with Gasteiger partial charge in [-0.1, -0.05) is 24.3 Å². The fourth-order valence-corrected chi connectivity index (χ4v) is 2.92. The Morgan fingerprint density at radius 3 is 2.67 bits per heavy atom. The van der Waals surface area contributed by atoms with Crippen LogP contribution in [0.1, 0.15) is 29.8 Å². The predicted molar refractivity (Wildman–Crippen MR) is 96.8 cm³/mol. The molecule has 0 radical (unpaired) electrons. The van der Waals surface area contributed by atoms with E-state index in [2.05, 4.69) is 42.3 Å². The second-order valence-corrected chi connectivity index (χ2v) is 6.21. The second kappa shape index (κ2) is 6.32. The number of pyridine rings is 1. The number of carbonyl (C=O) groups excluding carboxylic acids is 1. The van der Waals surface area contributed by atoms with Crippen molar-refractivity contribution in [2.24, 2.45) is 0 Å². The summed E-state index contributed by atoms with van der Waals surface area (Å²) in [4.78, 5) is 15.6. The Morgan fingerprint density at radius 1 is 1.12 bits per heavy atom. The van der Waals surface area contributed by atoms with Crippen molar-refractivity contribution in [1.29, 1.82) is 0 Å². The van der Waals surface area contributed by atoms with Gasteiger partial charge >= 0.3 is 0 Å². The molecule has 0 aliphatic carbocycles. The van der Waals surface area contributed by atoms with E-state index in [0.29, 0.717) is 11.3 Å². The number of nitrogens with one attached hydrogen (secondary N) is 1. The molecule has 0 atom stereocenters. The number of ether oxygens (including phenoxy) is 1. The Bertz CT molecular complexity index is 882. The Hall–Kier alpha value is -2.88. The number of nitrogens with zero attached hydrogens (tertiary/aromatic N) is 1. The van der Waals surface area contributed by atoms with Crippen LogP contribution in [0.25, 0.3) is 10.9 Å². The van der Waals surface area contributed by atoms with Gasteiger partial charge in [-0.2, -0.15) is 0 Å². The third-order valence-electron chi connectivity index (χ3n) is 4.12. The molecule has 122 valence electrons. The molecule has 0 aliphatic rings. The molecule has 4 nitrogen and oxygen atoms in total. The van der Waals surface area contributed by atoms with Crippen LogP contribution in [-0.4, -0.2) is 18.4 Å². The number of methoxy groups -OCH3 is 1. The van der Waals surface area contributed by atoms with Crippen LogP contribution in [0.3, 0.4) is 0 Å². The summed E-state index contributed by atoms with van der Waals surface area (Å²) in [5.74, 6) is 0.557. The van der Waals surface area contributed by atoms with E-state index in [-0.39, 0.29) is 5.54 Å². The van der Waals surface area contributed by atoms with Crippen molar-refractivity contribution in [3.8, 4) is 5.75 Å². The van der Waals surface area contributed by atoms with Crippen LogP contribution in [0.4, 0.5) is 5.69 Å². The number of aromatic nitrogens is 1. The molecule has 3 rings (SSSR count). The summed E-state index contributed by atoms with van der Waals surface area (Å²) in [5, 5.41) is 4.63. The first-order valence-corrected chi connectivity index (χ1v) is 7.81. The number of para-hydroxylation sites is 1. The van der Waals surface area contributed by atoms with Crippen LogP contribution in [0.5, 0.6) is 5.75 Å². The van der Waals surface area contributed by atoms with Crippen LogP contribution < -0.4 is 10.1 Å². The lowest BCUT2D eigenvalue weighted by atomic mass is 9.91. The summed E-state index contributed by atoms with van der Waals surface area (Å²) >= 11 is 0. The lowest BCUT2D eigenvalue weighted by molar-refractivity contribution is 0.112. The highest BCUT2D eigenvalue weighted by atomic mass is 16.5. The zero-order chi connectivity index (χ0) is 17.2. The van der Waals surface area contributed by atoms with E-state index in [1.807, 2.05) is 30.5 Å². The minimum atomic E-state index is -0.346. The number of benzene rings is 2. The van der Waals surface area contributed by atoms with Crippen molar-refractivity contribution in [2.75, 3.05) is 12.4 Å². The summed E-state index contributed by atoms with van der Waals surface area (Å²) in [6.07, 6.45) is 2.60. The highest BCUT2D eigenvalue weighted by Crippen LogP contribution is 2.32. The Balaban J connectivity index is 2.00. The largest absolute Gasteiger partial charge is 0.496 e. The van der Waals surface area contributed by atoms with Crippen molar-refractivity contribution in [1.82, 2.24) is 4.98 Å². The standard InChI is InChI=1S/C20H20N2O2/c1-20(2,17-8-4-6-14-7-5-11-21-19(14)17)22-16-10-9-15(13-23)18(12-16)24-3/h4-13,22H,1-3H3. The molecule has 2 aromatic carbocycles. The quantitative estimate of drug-likeness (QED) is 0.708. The molecule has 4 heteroatoms. The monoisotopic (exact) mass is 320 g/mol. The maximum Gasteiger partial charge on any atom is 0.153 e. The van der Waals surface area contributed by atoms with E-state index in [1.165, 1.54) is 0 Å². The first-order valence-electron chi connectivity index (χ1n) is 7.81. The van der Waals surface area contributed by atoms with Gasteiger partial charge < -0.3 is 10.1 Å². The molecule has 0 saturated heterocycles. The average molecular weight is 320 g/mol. The normalized spacial score (nSPS) is 11.3. The first-order chi connectivity index (χ1) is 11.5. The maximum absolute atomic E-state index is 11.0. The minimum Gasteiger partial charge on any atom is -0.496 e. The van der Waals surface area contributed by atoms with Gasteiger partial charge in [0.2, 0.25) is 0 Å². The molecule has 0 bridgehead atoms. The molecule has 24 heavy (non-hydrogen) atoms. The van der Waals surface area contributed by atoms with Gasteiger partial charge in [0.05, 0.1) is 23.7 Å².